The van der Waals surface area contributed by atoms with Crippen LogP contribution in [0.1, 0.15) is 59.8 Å². The summed E-state index contributed by atoms with van der Waals surface area (Å²) in [4.78, 5) is 2.68. The van der Waals surface area contributed by atoms with Crippen LogP contribution >= 0.6 is 0 Å². The Morgan fingerprint density at radius 2 is 1.61 bits per heavy atom. The zero-order valence-electron chi connectivity index (χ0n) is 12.7. The number of rotatable bonds is 1. The van der Waals surface area contributed by atoms with Gasteiger partial charge in [-0.25, -0.2) is 0 Å². The van der Waals surface area contributed by atoms with Gasteiger partial charge in [0.2, 0.25) is 0 Å². The number of aliphatic hydroxyl groups excluding tert-OH is 1. The molecule has 0 aromatic rings. The zero-order chi connectivity index (χ0) is 13.3. The van der Waals surface area contributed by atoms with E-state index in [0.717, 1.165) is 24.7 Å². The van der Waals surface area contributed by atoms with Crippen molar-refractivity contribution in [3.8, 4) is 0 Å². The Morgan fingerprint density at radius 3 is 2.17 bits per heavy atom. The van der Waals surface area contributed by atoms with E-state index in [9.17, 15) is 5.11 Å². The summed E-state index contributed by atoms with van der Waals surface area (Å²) < 4.78 is 0. The maximum Gasteiger partial charge on any atom is 0.0555 e. The van der Waals surface area contributed by atoms with Crippen molar-refractivity contribution in [2.75, 3.05) is 13.1 Å². The number of piperidine rings is 1. The Kier molecular flexibility index (Phi) is 4.38. The van der Waals surface area contributed by atoms with Crippen LogP contribution in [0, 0.1) is 17.3 Å². The summed E-state index contributed by atoms with van der Waals surface area (Å²) in [5.41, 5.74) is 0.369. The highest BCUT2D eigenvalue weighted by molar-refractivity contribution is 4.93. The van der Waals surface area contributed by atoms with Gasteiger partial charge in [0, 0.05) is 6.04 Å². The monoisotopic (exact) mass is 253 g/mol. The molecule has 1 aliphatic carbocycles. The fourth-order valence-electron chi connectivity index (χ4n) is 3.90. The number of aliphatic hydroxyl groups is 1. The normalized spacial score (nSPS) is 36.8. The Balaban J connectivity index is 2.05. The van der Waals surface area contributed by atoms with Crippen LogP contribution in [0.3, 0.4) is 0 Å². The minimum absolute atomic E-state index is 0.0621. The molecule has 0 bridgehead atoms. The van der Waals surface area contributed by atoms with E-state index in [1.54, 1.807) is 0 Å². The lowest BCUT2D eigenvalue weighted by atomic mass is 9.68. The molecular weight excluding hydrogens is 222 g/mol. The molecule has 0 amide bonds. The standard InChI is InChI=1S/C16H31NO/c1-12-7-9-17(10-8-12)15-11-13(18)5-6-14(15)16(2,3)4/h12-15,18H,5-11H2,1-4H3. The van der Waals surface area contributed by atoms with Crippen molar-refractivity contribution < 1.29 is 5.11 Å². The van der Waals surface area contributed by atoms with E-state index in [4.69, 9.17) is 0 Å². The molecule has 1 heterocycles. The SMILES string of the molecule is CC1CCN(C2CC(O)CCC2C(C)(C)C)CC1. The van der Waals surface area contributed by atoms with Gasteiger partial charge in [0.1, 0.15) is 0 Å². The van der Waals surface area contributed by atoms with Crippen LogP contribution in [0.15, 0.2) is 0 Å². The molecule has 2 fully saturated rings. The van der Waals surface area contributed by atoms with E-state index in [1.165, 1.54) is 32.4 Å². The molecular formula is C16H31NO. The molecule has 2 aliphatic rings. The van der Waals surface area contributed by atoms with E-state index in [-0.39, 0.29) is 6.10 Å². The molecule has 2 nitrogen and oxygen atoms in total. The van der Waals surface area contributed by atoms with Crippen molar-refractivity contribution >= 4 is 0 Å². The molecule has 3 atom stereocenters. The molecule has 0 aromatic heterocycles. The highest BCUT2D eigenvalue weighted by atomic mass is 16.3. The molecule has 0 aromatic carbocycles. The van der Waals surface area contributed by atoms with Crippen LogP contribution in [0.4, 0.5) is 0 Å². The maximum absolute atomic E-state index is 10.0. The van der Waals surface area contributed by atoms with Gasteiger partial charge in [0.25, 0.3) is 0 Å². The first-order chi connectivity index (χ1) is 8.38. The summed E-state index contributed by atoms with van der Waals surface area (Å²) >= 11 is 0. The first-order valence-electron chi connectivity index (χ1n) is 7.80. The Labute approximate surface area is 113 Å². The summed E-state index contributed by atoms with van der Waals surface area (Å²) in [5, 5.41) is 10.0. The number of hydrogen-bond acceptors (Lipinski definition) is 2. The van der Waals surface area contributed by atoms with E-state index in [0.29, 0.717) is 11.5 Å². The van der Waals surface area contributed by atoms with Crippen LogP contribution in [-0.2, 0) is 0 Å². The smallest absolute Gasteiger partial charge is 0.0555 e. The molecule has 1 saturated carbocycles. The molecule has 2 heteroatoms. The van der Waals surface area contributed by atoms with Gasteiger partial charge < -0.3 is 5.11 Å². The molecule has 106 valence electrons. The third-order valence-electron chi connectivity index (χ3n) is 5.19. The van der Waals surface area contributed by atoms with Gasteiger partial charge in [-0.1, -0.05) is 27.7 Å². The maximum atomic E-state index is 10.0. The van der Waals surface area contributed by atoms with Gasteiger partial charge in [-0.05, 0) is 62.4 Å². The quantitative estimate of drug-likeness (QED) is 0.775. The minimum Gasteiger partial charge on any atom is -0.393 e. The summed E-state index contributed by atoms with van der Waals surface area (Å²) in [6.07, 6.45) is 5.81. The lowest BCUT2D eigenvalue weighted by Gasteiger charge is -2.48. The molecule has 18 heavy (non-hydrogen) atoms. The topological polar surface area (TPSA) is 23.5 Å². The fraction of sp³-hybridized carbons (Fsp3) is 1.00. The van der Waals surface area contributed by atoms with E-state index in [1.807, 2.05) is 0 Å². The predicted molar refractivity (Wildman–Crippen MR) is 76.6 cm³/mol. The van der Waals surface area contributed by atoms with Gasteiger partial charge in [0.15, 0.2) is 0 Å². The Morgan fingerprint density at radius 1 is 1.00 bits per heavy atom. The summed E-state index contributed by atoms with van der Waals surface area (Å²) in [6.45, 7) is 12.0. The van der Waals surface area contributed by atoms with Crippen LogP contribution in [0.25, 0.3) is 0 Å². The van der Waals surface area contributed by atoms with Crippen molar-refractivity contribution in [2.24, 2.45) is 17.3 Å². The van der Waals surface area contributed by atoms with Crippen molar-refractivity contribution in [3.63, 3.8) is 0 Å². The highest BCUT2D eigenvalue weighted by Crippen LogP contribution is 2.41. The lowest BCUT2D eigenvalue weighted by molar-refractivity contribution is -0.0222. The largest absolute Gasteiger partial charge is 0.393 e. The van der Waals surface area contributed by atoms with Gasteiger partial charge in [0.05, 0.1) is 6.10 Å². The van der Waals surface area contributed by atoms with Gasteiger partial charge in [-0.3, -0.25) is 4.90 Å². The van der Waals surface area contributed by atoms with Crippen molar-refractivity contribution in [3.05, 3.63) is 0 Å². The van der Waals surface area contributed by atoms with Crippen molar-refractivity contribution in [1.82, 2.24) is 4.90 Å². The third-order valence-corrected chi connectivity index (χ3v) is 5.19. The Hall–Kier alpha value is -0.0800. The molecule has 3 unspecified atom stereocenters. The zero-order valence-corrected chi connectivity index (χ0v) is 12.7. The molecule has 0 spiro atoms. The fourth-order valence-corrected chi connectivity index (χ4v) is 3.90. The van der Waals surface area contributed by atoms with Crippen LogP contribution in [-0.4, -0.2) is 35.2 Å². The lowest BCUT2D eigenvalue weighted by Crippen LogP contribution is -2.51. The molecule has 1 aliphatic heterocycles. The Bertz CT molecular complexity index is 263. The second-order valence-electron chi connectivity index (χ2n) is 7.73. The van der Waals surface area contributed by atoms with Gasteiger partial charge in [-0.15, -0.1) is 0 Å². The number of hydrogen-bond donors (Lipinski definition) is 1. The molecule has 1 N–H and O–H groups in total. The number of nitrogens with zero attached hydrogens (tertiary/aromatic N) is 1. The highest BCUT2D eigenvalue weighted by Gasteiger charge is 2.40. The summed E-state index contributed by atoms with van der Waals surface area (Å²) in [5.74, 6) is 1.64. The second-order valence-corrected chi connectivity index (χ2v) is 7.73. The van der Waals surface area contributed by atoms with Crippen molar-refractivity contribution in [1.29, 1.82) is 0 Å². The van der Waals surface area contributed by atoms with Gasteiger partial charge in [-0.2, -0.15) is 0 Å². The molecule has 0 radical (unpaired) electrons. The van der Waals surface area contributed by atoms with E-state index < -0.39 is 0 Å². The van der Waals surface area contributed by atoms with Crippen LogP contribution in [0.5, 0.6) is 0 Å². The number of likely N-dealkylation sites (tertiary alicyclic amines) is 1. The van der Waals surface area contributed by atoms with Gasteiger partial charge >= 0.3 is 0 Å². The second kappa shape index (κ2) is 5.50. The first-order valence-corrected chi connectivity index (χ1v) is 7.80. The minimum atomic E-state index is -0.0621. The predicted octanol–water partition coefficient (Wildman–Crippen LogP) is 3.29. The van der Waals surface area contributed by atoms with E-state index >= 15 is 0 Å². The first kappa shape index (κ1) is 14.3. The van der Waals surface area contributed by atoms with Crippen molar-refractivity contribution in [2.45, 2.75) is 71.9 Å². The van der Waals surface area contributed by atoms with Crippen LogP contribution < -0.4 is 0 Å². The third kappa shape index (κ3) is 3.27. The average Bonchev–Trinajstić information content (AvgIpc) is 2.28. The average molecular weight is 253 g/mol. The summed E-state index contributed by atoms with van der Waals surface area (Å²) in [6, 6.07) is 0.612. The molecule has 1 saturated heterocycles. The molecule has 2 rings (SSSR count). The summed E-state index contributed by atoms with van der Waals surface area (Å²) in [7, 11) is 0. The van der Waals surface area contributed by atoms with E-state index in [2.05, 4.69) is 32.6 Å². The van der Waals surface area contributed by atoms with Crippen LogP contribution in [0.2, 0.25) is 0 Å².